The molecule has 2 N–H and O–H groups in total. The zero-order valence-electron chi connectivity index (χ0n) is 16.6. The summed E-state index contributed by atoms with van der Waals surface area (Å²) in [5.74, 6) is -0.679. The van der Waals surface area contributed by atoms with Crippen molar-refractivity contribution in [3.05, 3.63) is 102 Å². The van der Waals surface area contributed by atoms with Gasteiger partial charge in [-0.1, -0.05) is 78.0 Å². The summed E-state index contributed by atoms with van der Waals surface area (Å²) in [6, 6.07) is 25.8. The van der Waals surface area contributed by atoms with Crippen molar-refractivity contribution >= 4 is 23.7 Å². The van der Waals surface area contributed by atoms with Crippen LogP contribution in [0.4, 0.5) is 5.69 Å². The maximum absolute atomic E-state index is 12.7. The molecule has 6 heteroatoms. The Hall–Kier alpha value is -3.93. The fourth-order valence-electron chi connectivity index (χ4n) is 2.81. The molecule has 0 aromatic heterocycles. The highest BCUT2D eigenvalue weighted by molar-refractivity contribution is 6.04. The molecule has 1 unspecified atom stereocenters. The molecule has 0 aliphatic carbocycles. The topological polar surface area (TPSA) is 79.8 Å². The first-order chi connectivity index (χ1) is 14.6. The van der Waals surface area contributed by atoms with E-state index in [0.717, 1.165) is 11.1 Å². The van der Waals surface area contributed by atoms with Gasteiger partial charge in [0.1, 0.15) is 0 Å². The first-order valence-electron chi connectivity index (χ1n) is 9.58. The molecule has 0 spiro atoms. The highest BCUT2D eigenvalue weighted by Crippen LogP contribution is 2.18. The molecule has 30 heavy (non-hydrogen) atoms. The minimum atomic E-state index is -0.406. The minimum Gasteiger partial charge on any atom is -0.386 e. The maximum Gasteiger partial charge on any atom is 0.265 e. The summed E-state index contributed by atoms with van der Waals surface area (Å²) in [6.45, 7) is 1.65. The van der Waals surface area contributed by atoms with Gasteiger partial charge in [0.05, 0.1) is 23.5 Å². The standard InChI is InChI=1S/C24H23N3O3/c1-18(20-12-6-3-7-13-20)26-24(29)21-14-8-9-15-22(21)27-23(28)17-30-25-16-19-10-4-2-5-11-19/h2-16,18H,17H2,1H3,(H,26,29)(H,27,28)/b25-16+. The van der Waals surface area contributed by atoms with Gasteiger partial charge in [0.15, 0.2) is 6.61 Å². The highest BCUT2D eigenvalue weighted by atomic mass is 16.6. The Morgan fingerprint density at radius 1 is 0.933 bits per heavy atom. The quantitative estimate of drug-likeness (QED) is 0.439. The summed E-state index contributed by atoms with van der Waals surface area (Å²) >= 11 is 0. The van der Waals surface area contributed by atoms with Crippen LogP contribution >= 0.6 is 0 Å². The van der Waals surface area contributed by atoms with Gasteiger partial charge in [0.25, 0.3) is 11.8 Å². The number of anilines is 1. The Morgan fingerprint density at radius 3 is 2.30 bits per heavy atom. The third-order valence-corrected chi connectivity index (χ3v) is 4.36. The second kappa shape index (κ2) is 10.6. The zero-order valence-corrected chi connectivity index (χ0v) is 16.6. The lowest BCUT2D eigenvalue weighted by Crippen LogP contribution is -2.28. The highest BCUT2D eigenvalue weighted by Gasteiger charge is 2.16. The summed E-state index contributed by atoms with van der Waals surface area (Å²) in [7, 11) is 0. The molecule has 0 aliphatic rings. The van der Waals surface area contributed by atoms with Crippen molar-refractivity contribution in [2.75, 3.05) is 11.9 Å². The van der Waals surface area contributed by atoms with E-state index in [2.05, 4.69) is 15.8 Å². The molecule has 3 rings (SSSR count). The van der Waals surface area contributed by atoms with E-state index in [4.69, 9.17) is 4.84 Å². The number of amides is 2. The normalized spacial score (nSPS) is 11.6. The van der Waals surface area contributed by atoms with Crippen LogP contribution in [0.2, 0.25) is 0 Å². The van der Waals surface area contributed by atoms with E-state index in [-0.39, 0.29) is 18.6 Å². The Kier molecular flexibility index (Phi) is 7.33. The van der Waals surface area contributed by atoms with Crippen LogP contribution < -0.4 is 10.6 Å². The van der Waals surface area contributed by atoms with Crippen LogP contribution in [0.15, 0.2) is 90.1 Å². The molecule has 0 saturated heterocycles. The van der Waals surface area contributed by atoms with E-state index in [1.807, 2.05) is 67.6 Å². The fourth-order valence-corrected chi connectivity index (χ4v) is 2.81. The molecule has 3 aromatic rings. The molecular formula is C24H23N3O3. The summed E-state index contributed by atoms with van der Waals surface area (Å²) in [6.07, 6.45) is 1.53. The summed E-state index contributed by atoms with van der Waals surface area (Å²) in [5.41, 5.74) is 2.65. The number of nitrogens with one attached hydrogen (secondary N) is 2. The molecular weight excluding hydrogens is 378 g/mol. The molecule has 0 saturated carbocycles. The van der Waals surface area contributed by atoms with E-state index < -0.39 is 5.91 Å². The van der Waals surface area contributed by atoms with Crippen molar-refractivity contribution in [2.24, 2.45) is 5.16 Å². The van der Waals surface area contributed by atoms with Crippen LogP contribution in [-0.2, 0) is 9.63 Å². The Bertz CT molecular complexity index is 1000. The minimum absolute atomic E-state index is 0.168. The van der Waals surface area contributed by atoms with E-state index in [1.165, 1.54) is 6.21 Å². The molecule has 0 radical (unpaired) electrons. The number of nitrogens with zero attached hydrogens (tertiary/aromatic N) is 1. The van der Waals surface area contributed by atoms with Gasteiger partial charge in [-0.05, 0) is 30.2 Å². The maximum atomic E-state index is 12.7. The van der Waals surface area contributed by atoms with Gasteiger partial charge in [-0.3, -0.25) is 9.59 Å². The molecule has 0 aliphatic heterocycles. The van der Waals surface area contributed by atoms with Crippen LogP contribution in [0.3, 0.4) is 0 Å². The van der Waals surface area contributed by atoms with Gasteiger partial charge in [-0.15, -0.1) is 0 Å². The molecule has 0 fully saturated rings. The van der Waals surface area contributed by atoms with Gasteiger partial charge < -0.3 is 15.5 Å². The van der Waals surface area contributed by atoms with Crippen molar-refractivity contribution in [3.63, 3.8) is 0 Å². The zero-order chi connectivity index (χ0) is 21.2. The number of hydrogen-bond acceptors (Lipinski definition) is 4. The molecule has 0 heterocycles. The van der Waals surface area contributed by atoms with E-state index >= 15 is 0 Å². The number of carbonyl (C=O) groups is 2. The second-order valence-corrected chi connectivity index (χ2v) is 6.62. The second-order valence-electron chi connectivity index (χ2n) is 6.62. The summed E-state index contributed by atoms with van der Waals surface area (Å²) < 4.78 is 0. The number of benzene rings is 3. The van der Waals surface area contributed by atoms with Crippen LogP contribution in [0.1, 0.15) is 34.5 Å². The number of para-hydroxylation sites is 1. The predicted octanol–water partition coefficient (Wildman–Crippen LogP) is 4.17. The molecule has 6 nitrogen and oxygen atoms in total. The van der Waals surface area contributed by atoms with Crippen LogP contribution in [0.5, 0.6) is 0 Å². The number of carbonyl (C=O) groups excluding carboxylic acids is 2. The van der Waals surface area contributed by atoms with E-state index in [9.17, 15) is 9.59 Å². The summed E-state index contributed by atoms with van der Waals surface area (Å²) in [5, 5.41) is 9.44. The Labute approximate surface area is 175 Å². The van der Waals surface area contributed by atoms with Gasteiger partial charge >= 0.3 is 0 Å². The van der Waals surface area contributed by atoms with Gasteiger partial charge in [-0.25, -0.2) is 0 Å². The van der Waals surface area contributed by atoms with Crippen molar-refractivity contribution in [1.82, 2.24) is 5.32 Å². The van der Waals surface area contributed by atoms with Crippen molar-refractivity contribution < 1.29 is 14.4 Å². The lowest BCUT2D eigenvalue weighted by atomic mass is 10.1. The van der Waals surface area contributed by atoms with Crippen molar-refractivity contribution in [1.29, 1.82) is 0 Å². The third-order valence-electron chi connectivity index (χ3n) is 4.36. The Balaban J connectivity index is 1.57. The number of hydrogen-bond donors (Lipinski definition) is 2. The lowest BCUT2D eigenvalue weighted by Gasteiger charge is -2.16. The summed E-state index contributed by atoms with van der Waals surface area (Å²) in [4.78, 5) is 30.0. The van der Waals surface area contributed by atoms with Crippen LogP contribution in [-0.4, -0.2) is 24.6 Å². The monoisotopic (exact) mass is 401 g/mol. The van der Waals surface area contributed by atoms with Crippen LogP contribution in [0, 0.1) is 0 Å². The number of rotatable bonds is 8. The average Bonchev–Trinajstić information content (AvgIpc) is 2.78. The largest absolute Gasteiger partial charge is 0.386 e. The lowest BCUT2D eigenvalue weighted by molar-refractivity contribution is -0.120. The van der Waals surface area contributed by atoms with E-state index in [1.54, 1.807) is 24.3 Å². The Morgan fingerprint density at radius 2 is 1.57 bits per heavy atom. The molecule has 3 aromatic carbocycles. The van der Waals surface area contributed by atoms with Crippen molar-refractivity contribution in [2.45, 2.75) is 13.0 Å². The first-order valence-corrected chi connectivity index (χ1v) is 9.58. The van der Waals surface area contributed by atoms with Gasteiger partial charge in [-0.2, -0.15) is 0 Å². The SMILES string of the molecule is CC(NC(=O)c1ccccc1NC(=O)CO/N=C/c1ccccc1)c1ccccc1. The van der Waals surface area contributed by atoms with Gasteiger partial charge in [0.2, 0.25) is 0 Å². The molecule has 1 atom stereocenters. The molecule has 152 valence electrons. The molecule has 2 amide bonds. The average molecular weight is 401 g/mol. The number of oxime groups is 1. The first kappa shape index (κ1) is 20.8. The van der Waals surface area contributed by atoms with E-state index in [0.29, 0.717) is 11.3 Å². The van der Waals surface area contributed by atoms with Crippen molar-refractivity contribution in [3.8, 4) is 0 Å². The predicted molar refractivity (Wildman–Crippen MR) is 117 cm³/mol. The molecule has 0 bridgehead atoms. The van der Waals surface area contributed by atoms with Gasteiger partial charge in [0, 0.05) is 0 Å². The third kappa shape index (κ3) is 6.04. The fraction of sp³-hybridized carbons (Fsp3) is 0.125. The van der Waals surface area contributed by atoms with Crippen LogP contribution in [0.25, 0.3) is 0 Å². The smallest absolute Gasteiger partial charge is 0.265 e.